The van der Waals surface area contributed by atoms with Crippen molar-refractivity contribution in [2.75, 3.05) is 6.61 Å². The molecule has 62 valence electrons. The van der Waals surface area contributed by atoms with Crippen LogP contribution in [0.4, 0.5) is 0 Å². The smallest absolute Gasteiger partial charge is 0.170 e. The van der Waals surface area contributed by atoms with Crippen LogP contribution < -0.4 is 0 Å². The predicted molar refractivity (Wildman–Crippen MR) is 48.9 cm³/mol. The second-order valence-corrected chi connectivity index (χ2v) is 5.50. The lowest BCUT2D eigenvalue weighted by Crippen LogP contribution is -2.15. The first-order valence-electron chi connectivity index (χ1n) is 4.32. The molecule has 0 aromatic rings. The zero-order valence-corrected chi connectivity index (χ0v) is 8.84. The summed E-state index contributed by atoms with van der Waals surface area (Å²) in [6.07, 6.45) is 2.52. The number of rotatable bonds is 5. The van der Waals surface area contributed by atoms with Crippen molar-refractivity contribution in [3.63, 3.8) is 0 Å². The fourth-order valence-electron chi connectivity index (χ4n) is 0.853. The molecule has 0 aromatic heterocycles. The molecule has 0 heterocycles. The Morgan fingerprint density at radius 3 is 2.00 bits per heavy atom. The van der Waals surface area contributed by atoms with Crippen molar-refractivity contribution in [2.24, 2.45) is 5.92 Å². The molecule has 0 fully saturated rings. The minimum atomic E-state index is -0.755. The normalized spacial score (nSPS) is 11.4. The van der Waals surface area contributed by atoms with Crippen LogP contribution in [0.2, 0.25) is 13.1 Å². The van der Waals surface area contributed by atoms with Gasteiger partial charge >= 0.3 is 0 Å². The van der Waals surface area contributed by atoms with Crippen LogP contribution in [-0.2, 0) is 4.43 Å². The van der Waals surface area contributed by atoms with Crippen LogP contribution >= 0.6 is 0 Å². The third kappa shape index (κ3) is 5.00. The molecule has 0 saturated carbocycles. The highest BCUT2D eigenvalue weighted by Crippen LogP contribution is 2.07. The Labute approximate surface area is 66.5 Å². The van der Waals surface area contributed by atoms with Crippen LogP contribution in [0, 0.1) is 5.92 Å². The first kappa shape index (κ1) is 10.2. The molecule has 0 rings (SSSR count). The van der Waals surface area contributed by atoms with E-state index in [-0.39, 0.29) is 0 Å². The van der Waals surface area contributed by atoms with E-state index in [1.807, 2.05) is 0 Å². The molecule has 0 radical (unpaired) electrons. The van der Waals surface area contributed by atoms with E-state index < -0.39 is 9.04 Å². The average Bonchev–Trinajstić information content (AvgIpc) is 1.90. The van der Waals surface area contributed by atoms with Crippen LogP contribution in [0.1, 0.15) is 26.7 Å². The van der Waals surface area contributed by atoms with Gasteiger partial charge in [-0.1, -0.05) is 26.7 Å². The summed E-state index contributed by atoms with van der Waals surface area (Å²) in [5.41, 5.74) is 0. The highest BCUT2D eigenvalue weighted by atomic mass is 28.3. The Hall–Kier alpha value is 0.177. The van der Waals surface area contributed by atoms with Gasteiger partial charge < -0.3 is 4.43 Å². The van der Waals surface area contributed by atoms with Crippen molar-refractivity contribution in [3.8, 4) is 0 Å². The highest BCUT2D eigenvalue weighted by molar-refractivity contribution is 6.48. The van der Waals surface area contributed by atoms with Gasteiger partial charge in [-0.15, -0.1) is 0 Å². The Balaban J connectivity index is 3.26. The summed E-state index contributed by atoms with van der Waals surface area (Å²) in [5.74, 6) is 0.801. The third-order valence-corrected chi connectivity index (χ3v) is 2.68. The summed E-state index contributed by atoms with van der Waals surface area (Å²) in [7, 11) is -0.755. The van der Waals surface area contributed by atoms with Gasteiger partial charge in [-0.05, 0) is 19.0 Å². The van der Waals surface area contributed by atoms with E-state index in [1.165, 1.54) is 12.8 Å². The fraction of sp³-hybridized carbons (Fsp3) is 1.00. The average molecular weight is 160 g/mol. The molecule has 0 aliphatic rings. The molecule has 10 heavy (non-hydrogen) atoms. The number of hydrogen-bond donors (Lipinski definition) is 0. The van der Waals surface area contributed by atoms with Crippen molar-refractivity contribution < 1.29 is 4.43 Å². The van der Waals surface area contributed by atoms with E-state index in [4.69, 9.17) is 4.43 Å². The van der Waals surface area contributed by atoms with Gasteiger partial charge in [0.05, 0.1) is 0 Å². The molecule has 0 N–H and O–H groups in total. The minimum absolute atomic E-state index is 0.755. The van der Waals surface area contributed by atoms with Gasteiger partial charge in [0.1, 0.15) is 0 Å². The lowest BCUT2D eigenvalue weighted by Gasteiger charge is -2.14. The van der Waals surface area contributed by atoms with Gasteiger partial charge in [0.15, 0.2) is 9.04 Å². The van der Waals surface area contributed by atoms with E-state index in [0.717, 1.165) is 12.5 Å². The molecule has 0 bridgehead atoms. The summed E-state index contributed by atoms with van der Waals surface area (Å²) in [4.78, 5) is 0. The molecule has 0 amide bonds. The molecule has 0 aromatic carbocycles. The third-order valence-electron chi connectivity index (χ3n) is 1.82. The minimum Gasteiger partial charge on any atom is -0.420 e. The van der Waals surface area contributed by atoms with Gasteiger partial charge in [-0.25, -0.2) is 0 Å². The summed E-state index contributed by atoms with van der Waals surface area (Å²) in [5, 5.41) is 0. The molecule has 0 unspecified atom stereocenters. The molecule has 0 saturated heterocycles. The van der Waals surface area contributed by atoms with Crippen LogP contribution in [0.25, 0.3) is 0 Å². The maximum Gasteiger partial charge on any atom is 0.170 e. The first-order valence-corrected chi connectivity index (χ1v) is 7.10. The Kier molecular flexibility index (Phi) is 6.03. The predicted octanol–water partition coefficient (Wildman–Crippen LogP) is 2.42. The highest BCUT2D eigenvalue weighted by Gasteiger charge is 2.04. The lowest BCUT2D eigenvalue weighted by atomic mass is 10.1. The molecule has 2 heteroatoms. The van der Waals surface area contributed by atoms with Gasteiger partial charge in [0.25, 0.3) is 0 Å². The van der Waals surface area contributed by atoms with Gasteiger partial charge in [-0.3, -0.25) is 0 Å². The standard InChI is InChI=1S/C8H20OSi/c1-5-8(6-2)7-9-10(3)4/h8,10H,5-7H2,1-4H3. The van der Waals surface area contributed by atoms with Gasteiger partial charge in [0.2, 0.25) is 0 Å². The lowest BCUT2D eigenvalue weighted by molar-refractivity contribution is 0.244. The molecule has 0 aliphatic carbocycles. The summed E-state index contributed by atoms with van der Waals surface area (Å²) < 4.78 is 5.62. The first-order chi connectivity index (χ1) is 4.70. The Morgan fingerprint density at radius 2 is 1.70 bits per heavy atom. The molecule has 0 aliphatic heterocycles. The summed E-state index contributed by atoms with van der Waals surface area (Å²) in [6.45, 7) is 9.92. The Morgan fingerprint density at radius 1 is 1.20 bits per heavy atom. The summed E-state index contributed by atoms with van der Waals surface area (Å²) >= 11 is 0. The van der Waals surface area contributed by atoms with Crippen LogP contribution in [0.15, 0.2) is 0 Å². The van der Waals surface area contributed by atoms with Crippen LogP contribution in [0.3, 0.4) is 0 Å². The van der Waals surface area contributed by atoms with Gasteiger partial charge in [-0.2, -0.15) is 0 Å². The van der Waals surface area contributed by atoms with E-state index in [1.54, 1.807) is 0 Å². The second kappa shape index (κ2) is 5.92. The zero-order chi connectivity index (χ0) is 7.98. The van der Waals surface area contributed by atoms with E-state index >= 15 is 0 Å². The maximum absolute atomic E-state index is 5.62. The van der Waals surface area contributed by atoms with E-state index in [9.17, 15) is 0 Å². The molecular formula is C8H20OSi. The van der Waals surface area contributed by atoms with Crippen LogP contribution in [0.5, 0.6) is 0 Å². The SMILES string of the molecule is CCC(CC)CO[SiH](C)C. The second-order valence-electron chi connectivity index (χ2n) is 3.06. The van der Waals surface area contributed by atoms with Crippen molar-refractivity contribution in [1.29, 1.82) is 0 Å². The molecule has 0 spiro atoms. The fourth-order valence-corrected chi connectivity index (χ4v) is 1.51. The summed E-state index contributed by atoms with van der Waals surface area (Å²) in [6, 6.07) is 0. The molecule has 0 atom stereocenters. The Bertz CT molecular complexity index is 69.7. The zero-order valence-electron chi connectivity index (χ0n) is 7.68. The largest absolute Gasteiger partial charge is 0.420 e. The molecule has 1 nitrogen and oxygen atoms in total. The number of hydrogen-bond acceptors (Lipinski definition) is 1. The van der Waals surface area contributed by atoms with Crippen molar-refractivity contribution in [2.45, 2.75) is 39.8 Å². The monoisotopic (exact) mass is 160 g/mol. The van der Waals surface area contributed by atoms with Gasteiger partial charge in [0, 0.05) is 6.61 Å². The van der Waals surface area contributed by atoms with Crippen molar-refractivity contribution in [3.05, 3.63) is 0 Å². The maximum atomic E-state index is 5.62. The van der Waals surface area contributed by atoms with Crippen molar-refractivity contribution >= 4 is 9.04 Å². The van der Waals surface area contributed by atoms with Crippen LogP contribution in [-0.4, -0.2) is 15.6 Å². The topological polar surface area (TPSA) is 9.23 Å². The van der Waals surface area contributed by atoms with E-state index in [2.05, 4.69) is 26.9 Å². The van der Waals surface area contributed by atoms with Crippen molar-refractivity contribution in [1.82, 2.24) is 0 Å². The quantitative estimate of drug-likeness (QED) is 0.561. The van der Waals surface area contributed by atoms with E-state index in [0.29, 0.717) is 0 Å². The molecular weight excluding hydrogens is 140 g/mol.